The summed E-state index contributed by atoms with van der Waals surface area (Å²) in [6.07, 6.45) is 4.42. The van der Waals surface area contributed by atoms with E-state index >= 15 is 0 Å². The summed E-state index contributed by atoms with van der Waals surface area (Å²) in [6.45, 7) is 12.1. The van der Waals surface area contributed by atoms with Gasteiger partial charge in [-0.15, -0.1) is 10.2 Å². The van der Waals surface area contributed by atoms with Crippen LogP contribution in [-0.4, -0.2) is 98.2 Å². The molecule has 15 heteroatoms. The molecule has 2 aromatic carbocycles. The van der Waals surface area contributed by atoms with Crippen molar-refractivity contribution >= 4 is 29.5 Å². The van der Waals surface area contributed by atoms with Crippen molar-refractivity contribution in [2.45, 2.75) is 84.4 Å². The van der Waals surface area contributed by atoms with Gasteiger partial charge in [-0.25, -0.2) is 4.79 Å². The number of H-pyrrole nitrogens is 1. The Labute approximate surface area is 327 Å². The van der Waals surface area contributed by atoms with Crippen LogP contribution >= 0.6 is 0 Å². The predicted octanol–water partition coefficient (Wildman–Crippen LogP) is 4.67. The van der Waals surface area contributed by atoms with Gasteiger partial charge < -0.3 is 30.9 Å². The number of anilines is 1. The van der Waals surface area contributed by atoms with Crippen LogP contribution in [0.4, 0.5) is 10.5 Å². The van der Waals surface area contributed by atoms with E-state index in [0.717, 1.165) is 47.2 Å². The lowest BCUT2D eigenvalue weighted by molar-refractivity contribution is -0.130. The van der Waals surface area contributed by atoms with Gasteiger partial charge in [0.15, 0.2) is 0 Å². The van der Waals surface area contributed by atoms with E-state index in [0.29, 0.717) is 49.7 Å². The molecule has 2 unspecified atom stereocenters. The Morgan fingerprint density at radius 2 is 1.70 bits per heavy atom. The van der Waals surface area contributed by atoms with Crippen LogP contribution in [0.15, 0.2) is 60.8 Å². The van der Waals surface area contributed by atoms with Crippen molar-refractivity contribution in [3.05, 3.63) is 77.6 Å². The zero-order valence-corrected chi connectivity index (χ0v) is 32.7. The molecule has 5 N–H and O–H groups in total. The van der Waals surface area contributed by atoms with E-state index < -0.39 is 17.7 Å². The van der Waals surface area contributed by atoms with Crippen molar-refractivity contribution in [3.8, 4) is 22.5 Å². The van der Waals surface area contributed by atoms with Crippen molar-refractivity contribution in [1.82, 2.24) is 46.5 Å². The summed E-state index contributed by atoms with van der Waals surface area (Å²) in [5, 5.41) is 26.3. The highest BCUT2D eigenvalue weighted by atomic mass is 16.6. The fourth-order valence-electron chi connectivity index (χ4n) is 7.20. The highest BCUT2D eigenvalue weighted by Gasteiger charge is 2.31. The topological polar surface area (TPSA) is 196 Å². The molecule has 1 saturated carbocycles. The molecule has 4 amide bonds. The fourth-order valence-corrected chi connectivity index (χ4v) is 7.20. The van der Waals surface area contributed by atoms with Crippen LogP contribution in [0.1, 0.15) is 75.0 Å². The lowest BCUT2D eigenvalue weighted by Crippen LogP contribution is -2.51. The van der Waals surface area contributed by atoms with Gasteiger partial charge in [0, 0.05) is 67.6 Å². The lowest BCUT2D eigenvalue weighted by atomic mass is 9.81. The highest BCUT2D eigenvalue weighted by molar-refractivity contribution is 5.98. The molecule has 0 bridgehead atoms. The van der Waals surface area contributed by atoms with Gasteiger partial charge >= 0.3 is 6.09 Å². The van der Waals surface area contributed by atoms with Gasteiger partial charge in [0.05, 0.1) is 0 Å². The van der Waals surface area contributed by atoms with Crippen LogP contribution in [-0.2, 0) is 20.7 Å². The first kappa shape index (κ1) is 40.0. The monoisotopic (exact) mass is 764 g/mol. The smallest absolute Gasteiger partial charge is 0.407 e. The molecule has 1 aliphatic heterocycles. The summed E-state index contributed by atoms with van der Waals surface area (Å²) in [6, 6.07) is 16.1. The standard InChI is InChI=1S/C41H52N10O5/c1-25-20-35(39(54)51-19-18-42-26(2)24-51)43-23-33(25)29-10-6-27(7-11-29)21-34(38(53)45-32-16-14-30(15-17-32)36-47-49-50-48-36)46-37(52)31-12-8-28(9-13-31)22-44-40(55)56-41(3,4)5/h6-7,10-11,14-17,20,23,26,28,31,34,42H,8-9,12-13,18-19,21-22,24H2,1-5H3,(H,44,55)(H,45,53)(H,46,52)(H,47,48,49,50). The normalized spacial score (nSPS) is 19.1. The summed E-state index contributed by atoms with van der Waals surface area (Å²) in [5.74, 6) is -0.150. The number of piperazine rings is 1. The molecule has 296 valence electrons. The number of carbonyl (C=O) groups is 4. The highest BCUT2D eigenvalue weighted by Crippen LogP contribution is 2.29. The molecule has 4 aromatic rings. The van der Waals surface area contributed by atoms with Crippen LogP contribution in [0.2, 0.25) is 0 Å². The van der Waals surface area contributed by atoms with Gasteiger partial charge in [-0.2, -0.15) is 5.21 Å². The number of carbonyl (C=O) groups excluding carboxylic acids is 4. The molecule has 56 heavy (non-hydrogen) atoms. The minimum absolute atomic E-state index is 0.0686. The van der Waals surface area contributed by atoms with Crippen LogP contribution in [0, 0.1) is 18.8 Å². The molecule has 0 radical (unpaired) electrons. The van der Waals surface area contributed by atoms with Crippen molar-refractivity contribution < 1.29 is 23.9 Å². The van der Waals surface area contributed by atoms with Crippen molar-refractivity contribution in [3.63, 3.8) is 0 Å². The Balaban J connectivity index is 1.11. The number of hydrogen-bond donors (Lipinski definition) is 5. The summed E-state index contributed by atoms with van der Waals surface area (Å²) in [5.41, 5.74) is 4.79. The molecule has 15 nitrogen and oxygen atoms in total. The number of ether oxygens (including phenoxy) is 1. The number of rotatable bonds is 11. The molecular formula is C41H52N10O5. The Bertz CT molecular complexity index is 1970. The third-order valence-corrected chi connectivity index (χ3v) is 10.2. The van der Waals surface area contributed by atoms with Gasteiger partial charge in [0.25, 0.3) is 5.91 Å². The number of benzene rings is 2. The Kier molecular flexibility index (Phi) is 12.7. The average Bonchev–Trinajstić information content (AvgIpc) is 3.72. The fraction of sp³-hybridized carbons (Fsp3) is 0.463. The largest absolute Gasteiger partial charge is 0.444 e. The second-order valence-electron chi connectivity index (χ2n) is 15.9. The molecule has 2 atom stereocenters. The maximum Gasteiger partial charge on any atom is 0.407 e. The maximum absolute atomic E-state index is 13.8. The number of hydrogen-bond acceptors (Lipinski definition) is 10. The van der Waals surface area contributed by atoms with E-state index in [2.05, 4.69) is 53.8 Å². The number of aromatic amines is 1. The second-order valence-corrected chi connectivity index (χ2v) is 15.9. The summed E-state index contributed by atoms with van der Waals surface area (Å²) >= 11 is 0. The number of amides is 4. The van der Waals surface area contributed by atoms with E-state index in [9.17, 15) is 19.2 Å². The first-order valence-corrected chi connectivity index (χ1v) is 19.3. The molecule has 2 aliphatic rings. The maximum atomic E-state index is 13.8. The zero-order chi connectivity index (χ0) is 39.8. The first-order valence-electron chi connectivity index (χ1n) is 19.3. The van der Waals surface area contributed by atoms with Gasteiger partial charge in [-0.05, 0) is 118 Å². The molecule has 1 aliphatic carbocycles. The minimum Gasteiger partial charge on any atom is -0.444 e. The average molecular weight is 765 g/mol. The van der Waals surface area contributed by atoms with Crippen molar-refractivity contribution in [1.29, 1.82) is 0 Å². The van der Waals surface area contributed by atoms with Crippen LogP contribution in [0.5, 0.6) is 0 Å². The SMILES string of the molecule is Cc1cc(C(=O)N2CCNC(C)C2)ncc1-c1ccc(CC(NC(=O)C2CCC(CNC(=O)OC(C)(C)C)CC2)C(=O)Nc2ccc(-c3nn[nH]n3)cc2)cc1. The summed E-state index contributed by atoms with van der Waals surface area (Å²) in [4.78, 5) is 59.2. The molecule has 0 spiro atoms. The van der Waals surface area contributed by atoms with E-state index in [4.69, 9.17) is 4.74 Å². The van der Waals surface area contributed by atoms with E-state index in [1.807, 2.05) is 62.9 Å². The number of alkyl carbamates (subject to hydrolysis) is 1. The Morgan fingerprint density at radius 1 is 0.982 bits per heavy atom. The lowest BCUT2D eigenvalue weighted by Gasteiger charge is -2.31. The Morgan fingerprint density at radius 3 is 2.34 bits per heavy atom. The van der Waals surface area contributed by atoms with E-state index in [1.54, 1.807) is 30.5 Å². The van der Waals surface area contributed by atoms with Gasteiger partial charge in [0.2, 0.25) is 17.6 Å². The zero-order valence-electron chi connectivity index (χ0n) is 32.7. The molecule has 1 saturated heterocycles. The third-order valence-electron chi connectivity index (χ3n) is 10.2. The number of aromatic nitrogens is 5. The number of aryl methyl sites for hydroxylation is 1. The van der Waals surface area contributed by atoms with Crippen molar-refractivity contribution in [2.75, 3.05) is 31.5 Å². The van der Waals surface area contributed by atoms with Gasteiger partial charge in [-0.1, -0.05) is 24.3 Å². The molecule has 2 fully saturated rings. The van der Waals surface area contributed by atoms with Crippen LogP contribution < -0.4 is 21.3 Å². The molecule has 2 aromatic heterocycles. The predicted molar refractivity (Wildman–Crippen MR) is 211 cm³/mol. The minimum atomic E-state index is -0.849. The third kappa shape index (κ3) is 10.7. The van der Waals surface area contributed by atoms with Crippen LogP contribution in [0.3, 0.4) is 0 Å². The number of pyridine rings is 1. The molecular weight excluding hydrogens is 713 g/mol. The van der Waals surface area contributed by atoms with Gasteiger partial charge in [0.1, 0.15) is 17.3 Å². The van der Waals surface area contributed by atoms with Crippen molar-refractivity contribution in [2.24, 2.45) is 11.8 Å². The molecule has 6 rings (SSSR count). The summed E-state index contributed by atoms with van der Waals surface area (Å²) in [7, 11) is 0. The quantitative estimate of drug-likeness (QED) is 0.143. The van der Waals surface area contributed by atoms with Gasteiger partial charge in [-0.3, -0.25) is 19.4 Å². The Hall–Kier alpha value is -5.70. The van der Waals surface area contributed by atoms with Crippen LogP contribution in [0.25, 0.3) is 22.5 Å². The van der Waals surface area contributed by atoms with E-state index in [-0.39, 0.29) is 42.0 Å². The second kappa shape index (κ2) is 17.8. The van der Waals surface area contributed by atoms with E-state index in [1.165, 1.54) is 0 Å². The summed E-state index contributed by atoms with van der Waals surface area (Å²) < 4.78 is 5.36. The molecule has 3 heterocycles. The number of tetrazole rings is 1. The first-order chi connectivity index (χ1) is 26.8. The number of nitrogens with zero attached hydrogens (tertiary/aromatic N) is 5. The number of nitrogens with one attached hydrogen (secondary N) is 5.